The molecule has 2 aliphatic heterocycles. The number of fused-ring (bicyclic) bond motifs is 2. The van der Waals surface area contributed by atoms with Gasteiger partial charge in [-0.25, -0.2) is 4.39 Å². The Morgan fingerprint density at radius 1 is 1.35 bits per heavy atom. The molecule has 1 aromatic carbocycles. The smallest absolute Gasteiger partial charge is 0.427 e. The van der Waals surface area contributed by atoms with Crippen LogP contribution in [0.1, 0.15) is 36.2 Å². The summed E-state index contributed by atoms with van der Waals surface area (Å²) in [6, 6.07) is 0.839. The van der Waals surface area contributed by atoms with E-state index in [1.807, 2.05) is 0 Å². The number of rotatable bonds is 2. The summed E-state index contributed by atoms with van der Waals surface area (Å²) in [5.74, 6) is -2.57. The molecule has 3 rings (SSSR count). The van der Waals surface area contributed by atoms with E-state index < -0.39 is 41.4 Å². The van der Waals surface area contributed by atoms with Gasteiger partial charge in [-0.2, -0.15) is 13.2 Å². The summed E-state index contributed by atoms with van der Waals surface area (Å²) in [6.07, 6.45) is -5.26. The highest BCUT2D eigenvalue weighted by molar-refractivity contribution is 6.00. The molecule has 1 amide bonds. The molecule has 2 heterocycles. The molecule has 5 nitrogen and oxygen atoms in total. The van der Waals surface area contributed by atoms with Gasteiger partial charge in [0, 0.05) is 6.54 Å². The zero-order valence-corrected chi connectivity index (χ0v) is 14.5. The molecule has 0 radical (unpaired) electrons. The number of alkyl halides is 3. The molecular formula is C17H19F4NO4. The van der Waals surface area contributed by atoms with E-state index in [0.717, 1.165) is 13.8 Å². The molecule has 26 heavy (non-hydrogen) atoms. The van der Waals surface area contributed by atoms with Gasteiger partial charge >= 0.3 is 6.18 Å². The molecule has 1 aromatic rings. The number of halogens is 4. The molecule has 0 unspecified atom stereocenters. The summed E-state index contributed by atoms with van der Waals surface area (Å²) in [4.78, 5) is 14.2. The minimum atomic E-state index is -4.78. The van der Waals surface area contributed by atoms with Crippen molar-refractivity contribution in [1.82, 2.24) is 4.90 Å². The second-order valence-electron chi connectivity index (χ2n) is 7.13. The second kappa shape index (κ2) is 6.00. The Morgan fingerprint density at radius 2 is 2.00 bits per heavy atom. The molecule has 1 N–H and O–H groups in total. The van der Waals surface area contributed by atoms with E-state index in [-0.39, 0.29) is 36.4 Å². The Kier molecular flexibility index (Phi) is 4.33. The van der Waals surface area contributed by atoms with Gasteiger partial charge in [0.25, 0.3) is 5.91 Å². The maximum absolute atomic E-state index is 14.7. The van der Waals surface area contributed by atoms with Crippen molar-refractivity contribution in [2.24, 2.45) is 0 Å². The lowest BCUT2D eigenvalue weighted by Gasteiger charge is -2.30. The average Bonchev–Trinajstić information content (AvgIpc) is 2.83. The highest BCUT2D eigenvalue weighted by Crippen LogP contribution is 2.42. The fraction of sp³-hybridized carbons (Fsp3) is 0.588. The van der Waals surface area contributed by atoms with Gasteiger partial charge in [0.1, 0.15) is 17.9 Å². The van der Waals surface area contributed by atoms with E-state index >= 15 is 0 Å². The van der Waals surface area contributed by atoms with Crippen LogP contribution >= 0.6 is 0 Å². The van der Waals surface area contributed by atoms with Crippen molar-refractivity contribution in [3.63, 3.8) is 0 Å². The minimum absolute atomic E-state index is 0.00387. The van der Waals surface area contributed by atoms with E-state index in [1.54, 1.807) is 0 Å². The van der Waals surface area contributed by atoms with Gasteiger partial charge < -0.3 is 19.5 Å². The Bertz CT molecular complexity index is 747. The minimum Gasteiger partial charge on any atom is -0.490 e. The van der Waals surface area contributed by atoms with Crippen LogP contribution in [0, 0.1) is 12.7 Å². The van der Waals surface area contributed by atoms with Crippen molar-refractivity contribution in [2.75, 3.05) is 13.2 Å². The van der Waals surface area contributed by atoms with Crippen molar-refractivity contribution >= 4 is 5.91 Å². The molecule has 0 aliphatic carbocycles. The van der Waals surface area contributed by atoms with Crippen LogP contribution in [0.25, 0.3) is 0 Å². The lowest BCUT2D eigenvalue weighted by atomic mass is 10.0. The Balaban J connectivity index is 2.12. The van der Waals surface area contributed by atoms with Crippen LogP contribution in [-0.2, 0) is 0 Å². The van der Waals surface area contributed by atoms with Crippen molar-refractivity contribution in [3.05, 3.63) is 23.0 Å². The van der Waals surface area contributed by atoms with E-state index in [2.05, 4.69) is 0 Å². The summed E-state index contributed by atoms with van der Waals surface area (Å²) in [7, 11) is 0. The molecule has 0 spiro atoms. The number of aryl methyl sites for hydroxylation is 1. The summed E-state index contributed by atoms with van der Waals surface area (Å²) in [5, 5.41) is 9.78. The standard InChI is InChI=1S/C17H19F4NO4/c1-8-4-11-12(14(13(8)18)26-16(2,3)17(19,20)21)15(24)22-6-10(23)5-9(22)7-25-11/h4,9-10,23H,5-7H2,1-3H3/t9-,10+/m1/s1. The van der Waals surface area contributed by atoms with Crippen LogP contribution < -0.4 is 9.47 Å². The fourth-order valence-electron chi connectivity index (χ4n) is 3.09. The molecule has 1 fully saturated rings. The fourth-order valence-corrected chi connectivity index (χ4v) is 3.09. The van der Waals surface area contributed by atoms with Crippen LogP contribution in [0.4, 0.5) is 17.6 Å². The summed E-state index contributed by atoms with van der Waals surface area (Å²) in [5.41, 5.74) is -3.10. The first kappa shape index (κ1) is 18.8. The van der Waals surface area contributed by atoms with Gasteiger partial charge in [0.15, 0.2) is 17.2 Å². The monoisotopic (exact) mass is 377 g/mol. The van der Waals surface area contributed by atoms with Crippen molar-refractivity contribution < 1.29 is 36.9 Å². The second-order valence-corrected chi connectivity index (χ2v) is 7.13. The first-order valence-electron chi connectivity index (χ1n) is 8.13. The lowest BCUT2D eigenvalue weighted by molar-refractivity contribution is -0.235. The Hall–Kier alpha value is -2.03. The number of aliphatic hydroxyl groups excluding tert-OH is 1. The molecule has 2 aliphatic rings. The lowest BCUT2D eigenvalue weighted by Crippen LogP contribution is -2.45. The molecule has 0 aromatic heterocycles. The van der Waals surface area contributed by atoms with Gasteiger partial charge in [0.05, 0.1) is 12.1 Å². The van der Waals surface area contributed by atoms with E-state index in [4.69, 9.17) is 9.47 Å². The molecule has 0 bridgehead atoms. The van der Waals surface area contributed by atoms with Crippen molar-refractivity contribution in [3.8, 4) is 11.5 Å². The van der Waals surface area contributed by atoms with Crippen LogP contribution in [-0.4, -0.2) is 53.0 Å². The van der Waals surface area contributed by atoms with Crippen molar-refractivity contribution in [1.29, 1.82) is 0 Å². The maximum Gasteiger partial charge on any atom is 0.427 e. The largest absolute Gasteiger partial charge is 0.490 e. The SMILES string of the molecule is Cc1cc2c(c(OC(C)(C)C(F)(F)F)c1F)C(=O)N1C[C@@H](O)C[C@@H]1CO2. The summed E-state index contributed by atoms with van der Waals surface area (Å²) < 4.78 is 64.9. The first-order chi connectivity index (χ1) is 11.9. The van der Waals surface area contributed by atoms with E-state index in [1.165, 1.54) is 17.9 Å². The first-order valence-corrected chi connectivity index (χ1v) is 8.13. The predicted octanol–water partition coefficient (Wildman–Crippen LogP) is 2.82. The Morgan fingerprint density at radius 3 is 2.62 bits per heavy atom. The number of hydrogen-bond donors (Lipinski definition) is 1. The zero-order chi connectivity index (χ0) is 19.4. The maximum atomic E-state index is 14.7. The predicted molar refractivity (Wildman–Crippen MR) is 82.8 cm³/mol. The third-order valence-electron chi connectivity index (χ3n) is 4.70. The molecule has 2 atom stereocenters. The third kappa shape index (κ3) is 2.98. The van der Waals surface area contributed by atoms with Crippen LogP contribution in [0.2, 0.25) is 0 Å². The van der Waals surface area contributed by atoms with E-state index in [9.17, 15) is 27.5 Å². The Labute approximate surface area is 147 Å². The van der Waals surface area contributed by atoms with Gasteiger partial charge in [-0.3, -0.25) is 4.79 Å². The normalized spacial score (nSPS) is 23.2. The van der Waals surface area contributed by atoms with E-state index in [0.29, 0.717) is 0 Å². The van der Waals surface area contributed by atoms with Gasteiger partial charge in [-0.05, 0) is 38.8 Å². The number of nitrogens with zero attached hydrogens (tertiary/aromatic N) is 1. The van der Waals surface area contributed by atoms with Gasteiger partial charge in [-0.1, -0.05) is 0 Å². The third-order valence-corrected chi connectivity index (χ3v) is 4.70. The summed E-state index contributed by atoms with van der Waals surface area (Å²) in [6.45, 7) is 2.93. The van der Waals surface area contributed by atoms with Gasteiger partial charge in [0.2, 0.25) is 0 Å². The number of benzene rings is 1. The zero-order valence-electron chi connectivity index (χ0n) is 14.5. The average molecular weight is 377 g/mol. The molecule has 1 saturated heterocycles. The number of aliphatic hydroxyl groups is 1. The van der Waals surface area contributed by atoms with Gasteiger partial charge in [-0.15, -0.1) is 0 Å². The molecule has 144 valence electrons. The number of ether oxygens (including phenoxy) is 2. The number of carbonyl (C=O) groups excluding carboxylic acids is 1. The molecular weight excluding hydrogens is 358 g/mol. The number of amides is 1. The topological polar surface area (TPSA) is 59.0 Å². The summed E-state index contributed by atoms with van der Waals surface area (Å²) >= 11 is 0. The molecule has 9 heteroatoms. The quantitative estimate of drug-likeness (QED) is 0.806. The highest BCUT2D eigenvalue weighted by atomic mass is 19.4. The van der Waals surface area contributed by atoms with Crippen molar-refractivity contribution in [2.45, 2.75) is 51.1 Å². The van der Waals surface area contributed by atoms with Crippen LogP contribution in [0.15, 0.2) is 6.07 Å². The van der Waals surface area contributed by atoms with Crippen LogP contribution in [0.3, 0.4) is 0 Å². The van der Waals surface area contributed by atoms with Crippen LogP contribution in [0.5, 0.6) is 11.5 Å². The number of carbonyl (C=O) groups is 1. The number of hydrogen-bond acceptors (Lipinski definition) is 4. The molecule has 0 saturated carbocycles. The highest BCUT2D eigenvalue weighted by Gasteiger charge is 2.51.